The summed E-state index contributed by atoms with van der Waals surface area (Å²) in [6.07, 6.45) is 3.50. The van der Waals surface area contributed by atoms with Crippen molar-refractivity contribution in [2.75, 3.05) is 7.11 Å². The molecule has 0 fully saturated rings. The van der Waals surface area contributed by atoms with E-state index in [2.05, 4.69) is 20.6 Å². The minimum Gasteiger partial charge on any atom is -0.497 e. The summed E-state index contributed by atoms with van der Waals surface area (Å²) in [6.45, 7) is 2.41. The van der Waals surface area contributed by atoms with Crippen molar-refractivity contribution in [3.05, 3.63) is 47.6 Å². The Bertz CT molecular complexity index is 916. The standard InChI is InChI=1S/C19H23N5O3/c1-13-15(12-24(2)22-13)11-20-17(25)8-5-9-18-21-19(23-27-18)14-6-4-7-16(10-14)26-3/h4,6-7,10,12H,5,8-9,11H2,1-3H3,(H,20,25). The van der Waals surface area contributed by atoms with Crippen LogP contribution in [0.4, 0.5) is 0 Å². The minimum absolute atomic E-state index is 0.00853. The lowest BCUT2D eigenvalue weighted by Gasteiger charge is -2.03. The van der Waals surface area contributed by atoms with E-state index in [4.69, 9.17) is 9.26 Å². The zero-order chi connectivity index (χ0) is 19.2. The van der Waals surface area contributed by atoms with E-state index in [1.807, 2.05) is 44.4 Å². The lowest BCUT2D eigenvalue weighted by molar-refractivity contribution is -0.121. The molecule has 142 valence electrons. The number of benzene rings is 1. The molecule has 1 N–H and O–H groups in total. The summed E-state index contributed by atoms with van der Waals surface area (Å²) >= 11 is 0. The second-order valence-corrected chi connectivity index (χ2v) is 6.29. The Hall–Kier alpha value is -3.16. The molecule has 0 saturated heterocycles. The summed E-state index contributed by atoms with van der Waals surface area (Å²) in [5.41, 5.74) is 2.77. The van der Waals surface area contributed by atoms with Crippen LogP contribution >= 0.6 is 0 Å². The van der Waals surface area contributed by atoms with Crippen LogP contribution in [0.1, 0.15) is 30.0 Å². The highest BCUT2D eigenvalue weighted by Crippen LogP contribution is 2.21. The molecule has 2 aromatic heterocycles. The number of hydrogen-bond acceptors (Lipinski definition) is 6. The van der Waals surface area contributed by atoms with E-state index < -0.39 is 0 Å². The third-order valence-corrected chi connectivity index (χ3v) is 4.18. The number of carbonyl (C=O) groups excluding carboxylic acids is 1. The van der Waals surface area contributed by atoms with Crippen LogP contribution in [-0.4, -0.2) is 32.9 Å². The maximum absolute atomic E-state index is 12.0. The summed E-state index contributed by atoms with van der Waals surface area (Å²) in [5, 5.41) is 11.2. The van der Waals surface area contributed by atoms with Gasteiger partial charge in [-0.15, -0.1) is 0 Å². The Morgan fingerprint density at radius 1 is 1.37 bits per heavy atom. The molecule has 27 heavy (non-hydrogen) atoms. The quantitative estimate of drug-likeness (QED) is 0.655. The van der Waals surface area contributed by atoms with Gasteiger partial charge in [0, 0.05) is 43.8 Å². The monoisotopic (exact) mass is 369 g/mol. The highest BCUT2D eigenvalue weighted by Gasteiger charge is 2.11. The Balaban J connectivity index is 1.46. The number of nitrogens with one attached hydrogen (secondary N) is 1. The fourth-order valence-corrected chi connectivity index (χ4v) is 2.74. The molecule has 1 aromatic carbocycles. The summed E-state index contributed by atoms with van der Waals surface area (Å²) in [5.74, 6) is 1.76. The van der Waals surface area contributed by atoms with Gasteiger partial charge in [-0.2, -0.15) is 10.1 Å². The van der Waals surface area contributed by atoms with Crippen molar-refractivity contribution in [1.29, 1.82) is 0 Å². The Kier molecular flexibility index (Phi) is 5.85. The largest absolute Gasteiger partial charge is 0.497 e. The molecule has 0 aliphatic heterocycles. The van der Waals surface area contributed by atoms with Crippen molar-refractivity contribution in [2.45, 2.75) is 32.7 Å². The van der Waals surface area contributed by atoms with E-state index in [0.717, 1.165) is 22.6 Å². The molecule has 0 radical (unpaired) electrons. The SMILES string of the molecule is COc1cccc(-c2noc(CCCC(=O)NCc3cn(C)nc3C)n2)c1. The highest BCUT2D eigenvalue weighted by molar-refractivity contribution is 5.75. The van der Waals surface area contributed by atoms with Gasteiger partial charge in [-0.25, -0.2) is 0 Å². The first-order valence-corrected chi connectivity index (χ1v) is 8.78. The van der Waals surface area contributed by atoms with Gasteiger partial charge in [0.2, 0.25) is 17.6 Å². The zero-order valence-electron chi connectivity index (χ0n) is 15.7. The van der Waals surface area contributed by atoms with Crippen LogP contribution in [0.15, 0.2) is 35.0 Å². The highest BCUT2D eigenvalue weighted by atomic mass is 16.5. The molecule has 8 heteroatoms. The third kappa shape index (κ3) is 4.93. The van der Waals surface area contributed by atoms with E-state index in [-0.39, 0.29) is 5.91 Å². The number of nitrogens with zero attached hydrogens (tertiary/aromatic N) is 4. The maximum atomic E-state index is 12.0. The molecule has 0 bridgehead atoms. The number of aryl methyl sites for hydroxylation is 3. The second kappa shape index (κ2) is 8.48. The minimum atomic E-state index is -0.00853. The molecular formula is C19H23N5O3. The first-order chi connectivity index (χ1) is 13.0. The van der Waals surface area contributed by atoms with Gasteiger partial charge in [0.25, 0.3) is 0 Å². The number of ether oxygens (including phenoxy) is 1. The van der Waals surface area contributed by atoms with Gasteiger partial charge in [-0.05, 0) is 25.5 Å². The van der Waals surface area contributed by atoms with Gasteiger partial charge in [0.1, 0.15) is 5.75 Å². The molecule has 3 rings (SSSR count). The molecule has 0 atom stereocenters. The second-order valence-electron chi connectivity index (χ2n) is 6.29. The Morgan fingerprint density at radius 3 is 2.96 bits per heavy atom. The Labute approximate surface area is 157 Å². The van der Waals surface area contributed by atoms with Crippen LogP contribution < -0.4 is 10.1 Å². The number of amides is 1. The molecule has 2 heterocycles. The first kappa shape index (κ1) is 18.6. The van der Waals surface area contributed by atoms with Gasteiger partial charge in [-0.1, -0.05) is 17.3 Å². The Morgan fingerprint density at radius 2 is 2.22 bits per heavy atom. The maximum Gasteiger partial charge on any atom is 0.226 e. The smallest absolute Gasteiger partial charge is 0.226 e. The summed E-state index contributed by atoms with van der Waals surface area (Å²) in [6, 6.07) is 7.47. The lowest BCUT2D eigenvalue weighted by atomic mass is 10.2. The molecule has 0 aliphatic carbocycles. The predicted molar refractivity (Wildman–Crippen MR) is 99.0 cm³/mol. The summed E-state index contributed by atoms with van der Waals surface area (Å²) in [4.78, 5) is 16.4. The number of aromatic nitrogens is 4. The van der Waals surface area contributed by atoms with E-state index in [9.17, 15) is 4.79 Å². The lowest BCUT2D eigenvalue weighted by Crippen LogP contribution is -2.22. The number of hydrogen-bond donors (Lipinski definition) is 1. The molecule has 0 aliphatic rings. The van der Waals surface area contributed by atoms with Crippen LogP contribution in [0.3, 0.4) is 0 Å². The molecule has 0 unspecified atom stereocenters. The van der Waals surface area contributed by atoms with E-state index >= 15 is 0 Å². The van der Waals surface area contributed by atoms with Gasteiger partial charge >= 0.3 is 0 Å². The van der Waals surface area contributed by atoms with Crippen molar-refractivity contribution in [1.82, 2.24) is 25.2 Å². The van der Waals surface area contributed by atoms with Crippen LogP contribution in [0.25, 0.3) is 11.4 Å². The molecule has 0 spiro atoms. The molecule has 3 aromatic rings. The van der Waals surface area contributed by atoms with Crippen molar-refractivity contribution >= 4 is 5.91 Å². The van der Waals surface area contributed by atoms with E-state index in [1.54, 1.807) is 11.8 Å². The van der Waals surface area contributed by atoms with Crippen molar-refractivity contribution in [2.24, 2.45) is 7.05 Å². The van der Waals surface area contributed by atoms with Crippen LogP contribution in [0, 0.1) is 6.92 Å². The van der Waals surface area contributed by atoms with Gasteiger partial charge in [-0.3, -0.25) is 9.48 Å². The van der Waals surface area contributed by atoms with Crippen LogP contribution in [0.5, 0.6) is 5.75 Å². The number of rotatable bonds is 8. The normalized spacial score (nSPS) is 10.8. The number of methoxy groups -OCH3 is 1. The average Bonchev–Trinajstić information content (AvgIpc) is 3.26. The van der Waals surface area contributed by atoms with Crippen LogP contribution in [0.2, 0.25) is 0 Å². The first-order valence-electron chi connectivity index (χ1n) is 8.78. The fraction of sp³-hybridized carbons (Fsp3) is 0.368. The third-order valence-electron chi connectivity index (χ3n) is 4.18. The van der Waals surface area contributed by atoms with E-state index in [1.165, 1.54) is 0 Å². The van der Waals surface area contributed by atoms with Gasteiger partial charge in [0.15, 0.2) is 0 Å². The van der Waals surface area contributed by atoms with E-state index in [0.29, 0.717) is 37.5 Å². The summed E-state index contributed by atoms with van der Waals surface area (Å²) < 4.78 is 12.2. The molecule has 0 saturated carbocycles. The van der Waals surface area contributed by atoms with Crippen molar-refractivity contribution in [3.8, 4) is 17.1 Å². The molecule has 8 nitrogen and oxygen atoms in total. The zero-order valence-corrected chi connectivity index (χ0v) is 15.7. The fourth-order valence-electron chi connectivity index (χ4n) is 2.74. The molecule has 1 amide bonds. The van der Waals surface area contributed by atoms with Gasteiger partial charge < -0.3 is 14.6 Å². The number of carbonyl (C=O) groups is 1. The van der Waals surface area contributed by atoms with Crippen molar-refractivity contribution in [3.63, 3.8) is 0 Å². The predicted octanol–water partition coefficient (Wildman–Crippen LogP) is 2.43. The van der Waals surface area contributed by atoms with Crippen LogP contribution in [-0.2, 0) is 24.8 Å². The summed E-state index contributed by atoms with van der Waals surface area (Å²) in [7, 11) is 3.48. The van der Waals surface area contributed by atoms with Crippen molar-refractivity contribution < 1.29 is 14.1 Å². The van der Waals surface area contributed by atoms with Gasteiger partial charge in [0.05, 0.1) is 12.8 Å². The topological polar surface area (TPSA) is 95.1 Å². The average molecular weight is 369 g/mol. The molecular weight excluding hydrogens is 346 g/mol.